The molecule has 19 heavy (non-hydrogen) atoms. The predicted octanol–water partition coefficient (Wildman–Crippen LogP) is 2.41. The van der Waals surface area contributed by atoms with E-state index >= 15 is 0 Å². The van der Waals surface area contributed by atoms with Crippen molar-refractivity contribution in [2.24, 2.45) is 0 Å². The first kappa shape index (κ1) is 13.7. The first-order valence-electron chi connectivity index (χ1n) is 5.54. The van der Waals surface area contributed by atoms with Crippen molar-refractivity contribution in [1.82, 2.24) is 4.72 Å². The normalized spacial score (nSPS) is 11.2. The fraction of sp³-hybridized carbons (Fsp3) is 0.154. The van der Waals surface area contributed by atoms with Crippen LogP contribution in [0, 0.1) is 18.3 Å². The SMILES string of the molecule is Cc1ccc(C#N)cc1S(=O)(=O)NCc1ccsc1. The van der Waals surface area contributed by atoms with Gasteiger partial charge in [-0.15, -0.1) is 0 Å². The van der Waals surface area contributed by atoms with Crippen LogP contribution in [0.3, 0.4) is 0 Å². The molecule has 4 nitrogen and oxygen atoms in total. The second-order valence-corrected chi connectivity index (χ2v) is 6.56. The largest absolute Gasteiger partial charge is 0.241 e. The van der Waals surface area contributed by atoms with E-state index in [4.69, 9.17) is 5.26 Å². The van der Waals surface area contributed by atoms with Gasteiger partial charge < -0.3 is 0 Å². The van der Waals surface area contributed by atoms with Gasteiger partial charge in [0.25, 0.3) is 0 Å². The van der Waals surface area contributed by atoms with Gasteiger partial charge in [0.2, 0.25) is 10.0 Å². The third kappa shape index (κ3) is 3.20. The van der Waals surface area contributed by atoms with Crippen molar-refractivity contribution in [2.45, 2.75) is 18.4 Å². The lowest BCUT2D eigenvalue weighted by Gasteiger charge is -2.09. The summed E-state index contributed by atoms with van der Waals surface area (Å²) in [6.07, 6.45) is 0. The molecule has 0 aliphatic heterocycles. The monoisotopic (exact) mass is 292 g/mol. The van der Waals surface area contributed by atoms with E-state index in [1.54, 1.807) is 19.1 Å². The molecule has 0 amide bonds. The van der Waals surface area contributed by atoms with Gasteiger partial charge in [-0.3, -0.25) is 0 Å². The summed E-state index contributed by atoms with van der Waals surface area (Å²) in [7, 11) is -3.60. The van der Waals surface area contributed by atoms with Crippen LogP contribution in [-0.4, -0.2) is 8.42 Å². The molecule has 1 aromatic carbocycles. The van der Waals surface area contributed by atoms with Gasteiger partial charge >= 0.3 is 0 Å². The first-order valence-corrected chi connectivity index (χ1v) is 7.97. The Morgan fingerprint density at radius 2 is 2.16 bits per heavy atom. The van der Waals surface area contributed by atoms with Crippen LogP contribution >= 0.6 is 11.3 Å². The lowest BCUT2D eigenvalue weighted by Crippen LogP contribution is -2.23. The van der Waals surface area contributed by atoms with E-state index in [1.165, 1.54) is 17.4 Å². The molecule has 6 heteroatoms. The van der Waals surface area contributed by atoms with E-state index in [0.29, 0.717) is 11.1 Å². The Labute approximate surface area is 116 Å². The Morgan fingerprint density at radius 1 is 1.37 bits per heavy atom. The molecule has 2 rings (SSSR count). The average Bonchev–Trinajstić information content (AvgIpc) is 2.90. The minimum Gasteiger partial charge on any atom is -0.207 e. The lowest BCUT2D eigenvalue weighted by atomic mass is 10.2. The highest BCUT2D eigenvalue weighted by Gasteiger charge is 2.17. The summed E-state index contributed by atoms with van der Waals surface area (Å²) in [5.41, 5.74) is 1.88. The standard InChI is InChI=1S/C13H12N2O2S2/c1-10-2-3-11(7-14)6-13(10)19(16,17)15-8-12-4-5-18-9-12/h2-6,9,15H,8H2,1H3. The second-order valence-electron chi connectivity index (χ2n) is 4.05. The van der Waals surface area contributed by atoms with Crippen molar-refractivity contribution in [1.29, 1.82) is 5.26 Å². The third-order valence-electron chi connectivity index (χ3n) is 2.65. The Balaban J connectivity index is 2.27. The molecule has 0 radical (unpaired) electrons. The highest BCUT2D eigenvalue weighted by molar-refractivity contribution is 7.89. The molecule has 0 unspecified atom stereocenters. The zero-order valence-corrected chi connectivity index (χ0v) is 11.9. The quantitative estimate of drug-likeness (QED) is 0.940. The van der Waals surface area contributed by atoms with E-state index in [2.05, 4.69) is 4.72 Å². The number of rotatable bonds is 4. The number of thiophene rings is 1. The van der Waals surface area contributed by atoms with Crippen molar-refractivity contribution >= 4 is 21.4 Å². The number of hydrogen-bond donors (Lipinski definition) is 1. The number of nitrogens with zero attached hydrogens (tertiary/aromatic N) is 1. The van der Waals surface area contributed by atoms with Crippen LogP contribution in [0.15, 0.2) is 39.9 Å². The van der Waals surface area contributed by atoms with Crippen molar-refractivity contribution in [3.8, 4) is 6.07 Å². The summed E-state index contributed by atoms with van der Waals surface area (Å²) in [6.45, 7) is 1.96. The first-order chi connectivity index (χ1) is 9.03. The number of benzene rings is 1. The zero-order chi connectivity index (χ0) is 13.9. The molecule has 1 N–H and O–H groups in total. The molecule has 0 fully saturated rings. The molecule has 1 aromatic heterocycles. The fourth-order valence-corrected chi connectivity index (χ4v) is 3.56. The molecule has 98 valence electrons. The fourth-order valence-electron chi connectivity index (χ4n) is 1.61. The van der Waals surface area contributed by atoms with E-state index in [9.17, 15) is 8.42 Å². The van der Waals surface area contributed by atoms with Gasteiger partial charge in [-0.1, -0.05) is 6.07 Å². The van der Waals surface area contributed by atoms with E-state index in [1.807, 2.05) is 22.9 Å². The Morgan fingerprint density at radius 3 is 2.79 bits per heavy atom. The number of nitrogens with one attached hydrogen (secondary N) is 1. The third-order valence-corrected chi connectivity index (χ3v) is 4.93. The molecule has 0 spiro atoms. The van der Waals surface area contributed by atoms with Gasteiger partial charge in [0, 0.05) is 6.54 Å². The summed E-state index contributed by atoms with van der Waals surface area (Å²) in [6, 6.07) is 8.45. The molecular weight excluding hydrogens is 280 g/mol. The van der Waals surface area contributed by atoms with Crippen LogP contribution in [0.5, 0.6) is 0 Å². The maximum atomic E-state index is 12.2. The van der Waals surface area contributed by atoms with Crippen LogP contribution in [-0.2, 0) is 16.6 Å². The Hall–Kier alpha value is -1.68. The van der Waals surface area contributed by atoms with Gasteiger partial charge in [0.15, 0.2) is 0 Å². The van der Waals surface area contributed by atoms with Gasteiger partial charge in [-0.25, -0.2) is 13.1 Å². The molecule has 0 aliphatic rings. The van der Waals surface area contributed by atoms with Crippen LogP contribution in [0.1, 0.15) is 16.7 Å². The highest BCUT2D eigenvalue weighted by atomic mass is 32.2. The number of nitriles is 1. The van der Waals surface area contributed by atoms with Crippen molar-refractivity contribution in [3.63, 3.8) is 0 Å². The van der Waals surface area contributed by atoms with Crippen LogP contribution in [0.25, 0.3) is 0 Å². The topological polar surface area (TPSA) is 70.0 Å². The summed E-state index contributed by atoms with van der Waals surface area (Å²) in [5.74, 6) is 0. The van der Waals surface area contributed by atoms with Gasteiger partial charge in [0.1, 0.15) is 0 Å². The predicted molar refractivity (Wildman–Crippen MR) is 74.2 cm³/mol. The van der Waals surface area contributed by atoms with Crippen molar-refractivity contribution in [3.05, 3.63) is 51.7 Å². The van der Waals surface area contributed by atoms with Crippen molar-refractivity contribution in [2.75, 3.05) is 0 Å². The number of hydrogen-bond acceptors (Lipinski definition) is 4. The van der Waals surface area contributed by atoms with E-state index < -0.39 is 10.0 Å². The number of sulfonamides is 1. The van der Waals surface area contributed by atoms with E-state index in [0.717, 1.165) is 5.56 Å². The molecule has 0 saturated carbocycles. The Bertz CT molecular complexity index is 714. The van der Waals surface area contributed by atoms with Crippen LogP contribution in [0.4, 0.5) is 0 Å². The minimum atomic E-state index is -3.60. The molecule has 0 atom stereocenters. The summed E-state index contributed by atoms with van der Waals surface area (Å²) < 4.78 is 26.9. The smallest absolute Gasteiger partial charge is 0.207 e. The van der Waals surface area contributed by atoms with Crippen LogP contribution < -0.4 is 4.72 Å². The highest BCUT2D eigenvalue weighted by Crippen LogP contribution is 2.17. The summed E-state index contributed by atoms with van der Waals surface area (Å²) in [5, 5.41) is 12.6. The molecule has 2 aromatic rings. The molecule has 1 heterocycles. The molecule has 0 aliphatic carbocycles. The Kier molecular flexibility index (Phi) is 4.00. The zero-order valence-electron chi connectivity index (χ0n) is 10.3. The second kappa shape index (κ2) is 5.53. The molecule has 0 bridgehead atoms. The van der Waals surface area contributed by atoms with Gasteiger partial charge in [-0.05, 0) is 47.0 Å². The van der Waals surface area contributed by atoms with E-state index in [-0.39, 0.29) is 11.4 Å². The molecular formula is C13H12N2O2S2. The maximum absolute atomic E-state index is 12.2. The number of aryl methyl sites for hydroxylation is 1. The maximum Gasteiger partial charge on any atom is 0.241 e. The summed E-state index contributed by atoms with van der Waals surface area (Å²) >= 11 is 1.52. The average molecular weight is 292 g/mol. The van der Waals surface area contributed by atoms with Crippen molar-refractivity contribution < 1.29 is 8.42 Å². The lowest BCUT2D eigenvalue weighted by molar-refractivity contribution is 0.580. The summed E-state index contributed by atoms with van der Waals surface area (Å²) in [4.78, 5) is 0.154. The van der Waals surface area contributed by atoms with Gasteiger partial charge in [-0.2, -0.15) is 16.6 Å². The van der Waals surface area contributed by atoms with Crippen LogP contribution in [0.2, 0.25) is 0 Å². The molecule has 0 saturated heterocycles. The minimum absolute atomic E-state index is 0.154. The van der Waals surface area contributed by atoms with Gasteiger partial charge in [0.05, 0.1) is 16.5 Å².